The minimum absolute atomic E-state index is 0.864. The number of rotatable bonds is 9. The van der Waals surface area contributed by atoms with Crippen LogP contribution < -0.4 is 0 Å². The van der Waals surface area contributed by atoms with Gasteiger partial charge in [0.15, 0.2) is 0 Å². The summed E-state index contributed by atoms with van der Waals surface area (Å²) in [6.07, 6.45) is 16.3. The van der Waals surface area contributed by atoms with Crippen molar-refractivity contribution in [2.75, 3.05) is 0 Å². The third kappa shape index (κ3) is 8.34. The van der Waals surface area contributed by atoms with Gasteiger partial charge in [-0.3, -0.25) is 0 Å². The maximum atomic E-state index is 2.50. The summed E-state index contributed by atoms with van der Waals surface area (Å²) >= 11 is 0. The molecule has 1 atom stereocenters. The van der Waals surface area contributed by atoms with Crippen LogP contribution in [0.25, 0.3) is 0 Å². The van der Waals surface area contributed by atoms with Crippen molar-refractivity contribution >= 4 is 0 Å². The van der Waals surface area contributed by atoms with Gasteiger partial charge in [0.1, 0.15) is 0 Å². The molecule has 1 radical (unpaired) electrons. The van der Waals surface area contributed by atoms with Crippen LogP contribution in [0.1, 0.15) is 65.7 Å². The number of unbranched alkanes of at least 4 members (excludes halogenated alkanes) is 2. The molecule has 0 aromatic heterocycles. The lowest BCUT2D eigenvalue weighted by Gasteiger charge is -2.14. The highest BCUT2D eigenvalue weighted by Crippen LogP contribution is 2.20. The molecule has 0 aromatic rings. The van der Waals surface area contributed by atoms with Crippen molar-refractivity contribution in [3.63, 3.8) is 0 Å². The van der Waals surface area contributed by atoms with E-state index in [1.807, 2.05) is 0 Å². The number of hydrogen-bond donors (Lipinski definition) is 0. The molecular weight excluding hydrogens is 168 g/mol. The molecule has 0 bridgehead atoms. The smallest absolute Gasteiger partial charge is 0.0317 e. The van der Waals surface area contributed by atoms with Crippen LogP contribution in [0, 0.1) is 12.3 Å². The summed E-state index contributed by atoms with van der Waals surface area (Å²) in [4.78, 5) is 0. The Morgan fingerprint density at radius 1 is 1.00 bits per heavy atom. The molecular formula is C14H27. The fraction of sp³-hybridized carbons (Fsp3) is 0.786. The van der Waals surface area contributed by atoms with Crippen LogP contribution in [0.4, 0.5) is 0 Å². The normalized spacial score (nSPS) is 13.6. The van der Waals surface area contributed by atoms with E-state index in [0.29, 0.717) is 0 Å². The second kappa shape index (κ2) is 10.8. The van der Waals surface area contributed by atoms with Gasteiger partial charge in [-0.1, -0.05) is 64.5 Å². The van der Waals surface area contributed by atoms with E-state index < -0.39 is 0 Å². The highest BCUT2D eigenvalue weighted by Gasteiger charge is 2.06. The molecule has 0 aliphatic rings. The van der Waals surface area contributed by atoms with E-state index in [1.165, 1.54) is 38.5 Å². The first kappa shape index (κ1) is 13.7. The summed E-state index contributed by atoms with van der Waals surface area (Å²) < 4.78 is 0. The molecule has 0 heteroatoms. The molecule has 0 spiro atoms. The number of allylic oxidation sites excluding steroid dienone is 2. The van der Waals surface area contributed by atoms with E-state index in [-0.39, 0.29) is 0 Å². The number of hydrogen-bond acceptors (Lipinski definition) is 0. The molecule has 0 N–H and O–H groups in total. The van der Waals surface area contributed by atoms with E-state index in [4.69, 9.17) is 0 Å². The van der Waals surface area contributed by atoms with Crippen molar-refractivity contribution in [3.8, 4) is 0 Å². The van der Waals surface area contributed by atoms with Gasteiger partial charge < -0.3 is 0 Å². The van der Waals surface area contributed by atoms with Crippen LogP contribution >= 0.6 is 0 Å². The van der Waals surface area contributed by atoms with Crippen LogP contribution in [0.3, 0.4) is 0 Å². The third-order valence-electron chi connectivity index (χ3n) is 2.68. The third-order valence-corrected chi connectivity index (χ3v) is 2.68. The predicted octanol–water partition coefficient (Wildman–Crippen LogP) is 5.15. The predicted molar refractivity (Wildman–Crippen MR) is 66.3 cm³/mol. The van der Waals surface area contributed by atoms with Crippen LogP contribution in [-0.2, 0) is 0 Å². The van der Waals surface area contributed by atoms with E-state index in [1.54, 1.807) is 0 Å². The fourth-order valence-corrected chi connectivity index (χ4v) is 1.81. The van der Waals surface area contributed by atoms with Crippen LogP contribution in [-0.4, -0.2) is 0 Å². The van der Waals surface area contributed by atoms with Crippen LogP contribution in [0.5, 0.6) is 0 Å². The molecule has 0 aliphatic heterocycles. The zero-order chi connectivity index (χ0) is 10.6. The van der Waals surface area contributed by atoms with Crippen molar-refractivity contribution < 1.29 is 0 Å². The van der Waals surface area contributed by atoms with Crippen molar-refractivity contribution in [1.82, 2.24) is 0 Å². The summed E-state index contributed by atoms with van der Waals surface area (Å²) in [5.74, 6) is 0.864. The first-order valence-corrected chi connectivity index (χ1v) is 6.29. The lowest BCUT2D eigenvalue weighted by Crippen LogP contribution is -2.00. The average molecular weight is 195 g/mol. The maximum absolute atomic E-state index is 2.50. The van der Waals surface area contributed by atoms with Crippen molar-refractivity contribution in [2.24, 2.45) is 5.92 Å². The Morgan fingerprint density at radius 2 is 1.79 bits per heavy atom. The van der Waals surface area contributed by atoms with Gasteiger partial charge in [-0.2, -0.15) is 0 Å². The highest BCUT2D eigenvalue weighted by molar-refractivity contribution is 4.87. The van der Waals surface area contributed by atoms with Gasteiger partial charge in [0.05, 0.1) is 0 Å². The molecule has 0 nitrogen and oxygen atoms in total. The van der Waals surface area contributed by atoms with Gasteiger partial charge in [0.25, 0.3) is 0 Å². The molecule has 14 heavy (non-hydrogen) atoms. The van der Waals surface area contributed by atoms with Gasteiger partial charge in [0.2, 0.25) is 0 Å². The van der Waals surface area contributed by atoms with E-state index in [9.17, 15) is 0 Å². The average Bonchev–Trinajstić information content (AvgIpc) is 2.18. The Morgan fingerprint density at radius 3 is 2.36 bits per heavy atom. The topological polar surface area (TPSA) is 0 Å². The molecule has 0 saturated carbocycles. The summed E-state index contributed by atoms with van der Waals surface area (Å²) in [6, 6.07) is 0. The zero-order valence-electron chi connectivity index (χ0n) is 10.3. The van der Waals surface area contributed by atoms with Gasteiger partial charge in [-0.15, -0.1) is 0 Å². The van der Waals surface area contributed by atoms with Crippen LogP contribution in [0.15, 0.2) is 12.2 Å². The summed E-state index contributed by atoms with van der Waals surface area (Å²) in [5, 5.41) is 0. The standard InChI is InChI=1S/C14H27/c1-4-7-9-12-14(11-6-3)13-10-8-5-2/h4,7,12,14H,5-6,8-11,13H2,1-3H3/b7-4+. The fourth-order valence-electron chi connectivity index (χ4n) is 1.81. The molecule has 0 amide bonds. The van der Waals surface area contributed by atoms with Gasteiger partial charge in [0, 0.05) is 0 Å². The first-order chi connectivity index (χ1) is 6.85. The van der Waals surface area contributed by atoms with Gasteiger partial charge >= 0.3 is 0 Å². The molecule has 0 saturated heterocycles. The van der Waals surface area contributed by atoms with Gasteiger partial charge in [-0.25, -0.2) is 0 Å². The van der Waals surface area contributed by atoms with Gasteiger partial charge in [-0.05, 0) is 25.7 Å². The molecule has 0 fully saturated rings. The Hall–Kier alpha value is -0.260. The Bertz CT molecular complexity index is 124. The monoisotopic (exact) mass is 195 g/mol. The lowest BCUT2D eigenvalue weighted by molar-refractivity contribution is 0.469. The SMILES string of the molecule is C/C=C/C[CH]C(CCC)CCCCC. The summed E-state index contributed by atoms with van der Waals surface area (Å²) in [6.45, 7) is 6.66. The second-order valence-corrected chi connectivity index (χ2v) is 4.08. The van der Waals surface area contributed by atoms with Crippen LogP contribution in [0.2, 0.25) is 0 Å². The molecule has 0 aliphatic carbocycles. The van der Waals surface area contributed by atoms with Crippen molar-refractivity contribution in [1.29, 1.82) is 0 Å². The molecule has 83 valence electrons. The summed E-state index contributed by atoms with van der Waals surface area (Å²) in [5.41, 5.74) is 0. The van der Waals surface area contributed by atoms with E-state index in [2.05, 4.69) is 39.3 Å². The molecule has 0 aromatic carbocycles. The quantitative estimate of drug-likeness (QED) is 0.352. The summed E-state index contributed by atoms with van der Waals surface area (Å²) in [7, 11) is 0. The van der Waals surface area contributed by atoms with E-state index >= 15 is 0 Å². The molecule has 0 rings (SSSR count). The Kier molecular flexibility index (Phi) is 10.6. The largest absolute Gasteiger partial charge is 0.0917 e. The molecule has 1 unspecified atom stereocenters. The maximum Gasteiger partial charge on any atom is -0.0317 e. The highest BCUT2D eigenvalue weighted by atomic mass is 14.1. The molecule has 0 heterocycles. The van der Waals surface area contributed by atoms with Crippen molar-refractivity contribution in [3.05, 3.63) is 18.6 Å². The first-order valence-electron chi connectivity index (χ1n) is 6.29. The minimum atomic E-state index is 0.864. The Labute approximate surface area is 90.8 Å². The van der Waals surface area contributed by atoms with Crippen molar-refractivity contribution in [2.45, 2.75) is 65.7 Å². The second-order valence-electron chi connectivity index (χ2n) is 4.08. The zero-order valence-corrected chi connectivity index (χ0v) is 10.3. The Balaban J connectivity index is 3.54. The lowest BCUT2D eigenvalue weighted by atomic mass is 9.92. The van der Waals surface area contributed by atoms with E-state index in [0.717, 1.165) is 12.3 Å². The minimum Gasteiger partial charge on any atom is -0.0917 e.